The van der Waals surface area contributed by atoms with E-state index in [0.717, 1.165) is 5.69 Å². The summed E-state index contributed by atoms with van der Waals surface area (Å²) in [6, 6.07) is 9.55. The summed E-state index contributed by atoms with van der Waals surface area (Å²) in [5.41, 5.74) is 2.21. The van der Waals surface area contributed by atoms with Crippen molar-refractivity contribution in [3.63, 3.8) is 0 Å². The maximum Gasteiger partial charge on any atom is 0.274 e. The van der Waals surface area contributed by atoms with E-state index in [1.165, 1.54) is 5.56 Å². The first kappa shape index (κ1) is 17.9. The molecule has 0 spiro atoms. The van der Waals surface area contributed by atoms with Gasteiger partial charge in [-0.3, -0.25) is 4.79 Å². The van der Waals surface area contributed by atoms with Crippen molar-refractivity contribution in [3.8, 4) is 0 Å². The molecule has 1 aromatic carbocycles. The molecular formula is C19H26N4O. The first-order chi connectivity index (χ1) is 11.1. The zero-order valence-corrected chi connectivity index (χ0v) is 15.3. The Kier molecular flexibility index (Phi) is 5.22. The van der Waals surface area contributed by atoms with Crippen LogP contribution >= 0.6 is 0 Å². The lowest BCUT2D eigenvalue weighted by molar-refractivity contribution is 0.102. The molecule has 0 bridgehead atoms. The van der Waals surface area contributed by atoms with E-state index in [2.05, 4.69) is 34.4 Å². The predicted octanol–water partition coefficient (Wildman–Crippen LogP) is 4.37. The van der Waals surface area contributed by atoms with Crippen LogP contribution in [0.25, 0.3) is 0 Å². The van der Waals surface area contributed by atoms with Crippen molar-refractivity contribution in [2.24, 2.45) is 0 Å². The Morgan fingerprint density at radius 3 is 2.25 bits per heavy atom. The maximum atomic E-state index is 12.5. The predicted molar refractivity (Wildman–Crippen MR) is 98.6 cm³/mol. The lowest BCUT2D eigenvalue weighted by atomic mass is 10.0. The Labute approximate surface area is 143 Å². The van der Waals surface area contributed by atoms with E-state index in [1.807, 2.05) is 45.0 Å². The van der Waals surface area contributed by atoms with Crippen LogP contribution in [0.1, 0.15) is 62.4 Å². The smallest absolute Gasteiger partial charge is 0.274 e. The molecular weight excluding hydrogens is 300 g/mol. The third kappa shape index (κ3) is 5.05. The van der Waals surface area contributed by atoms with E-state index < -0.39 is 0 Å². The number of carbonyl (C=O) groups excluding carboxylic acids is 1. The second-order valence-electron chi connectivity index (χ2n) is 7.29. The van der Waals surface area contributed by atoms with Crippen LogP contribution in [-0.4, -0.2) is 21.4 Å². The molecule has 5 heteroatoms. The number of aromatic nitrogens is 2. The summed E-state index contributed by atoms with van der Waals surface area (Å²) < 4.78 is 0. The summed E-state index contributed by atoms with van der Waals surface area (Å²) in [6.07, 6.45) is 0. The first-order valence-electron chi connectivity index (χ1n) is 8.19. The van der Waals surface area contributed by atoms with Gasteiger partial charge >= 0.3 is 0 Å². The van der Waals surface area contributed by atoms with Crippen molar-refractivity contribution in [2.45, 2.75) is 53.0 Å². The number of benzene rings is 1. The minimum Gasteiger partial charge on any atom is -0.365 e. The van der Waals surface area contributed by atoms with Gasteiger partial charge in [-0.1, -0.05) is 26.0 Å². The highest BCUT2D eigenvalue weighted by molar-refractivity contribution is 6.03. The molecule has 0 saturated heterocycles. The summed E-state index contributed by atoms with van der Waals surface area (Å²) in [5, 5.41) is 6.15. The monoisotopic (exact) mass is 326 g/mol. The van der Waals surface area contributed by atoms with Gasteiger partial charge in [0.05, 0.1) is 0 Å². The molecule has 0 atom stereocenters. The van der Waals surface area contributed by atoms with Crippen LogP contribution in [0.15, 0.2) is 30.3 Å². The van der Waals surface area contributed by atoms with Gasteiger partial charge in [-0.2, -0.15) is 0 Å². The van der Waals surface area contributed by atoms with E-state index in [1.54, 1.807) is 13.0 Å². The summed E-state index contributed by atoms with van der Waals surface area (Å²) >= 11 is 0. The molecule has 0 aliphatic carbocycles. The largest absolute Gasteiger partial charge is 0.365 e. The summed E-state index contributed by atoms with van der Waals surface area (Å²) in [6.45, 7) is 12.2. The Balaban J connectivity index is 2.17. The van der Waals surface area contributed by atoms with Crippen molar-refractivity contribution in [3.05, 3.63) is 47.4 Å². The van der Waals surface area contributed by atoms with Gasteiger partial charge in [-0.25, -0.2) is 9.97 Å². The minimum atomic E-state index is -0.241. The lowest BCUT2D eigenvalue weighted by Gasteiger charge is -2.21. The van der Waals surface area contributed by atoms with E-state index >= 15 is 0 Å². The third-order valence-electron chi connectivity index (χ3n) is 3.41. The van der Waals surface area contributed by atoms with Crippen LogP contribution < -0.4 is 10.6 Å². The van der Waals surface area contributed by atoms with Gasteiger partial charge in [0.2, 0.25) is 0 Å². The van der Waals surface area contributed by atoms with E-state index in [-0.39, 0.29) is 11.4 Å². The summed E-state index contributed by atoms with van der Waals surface area (Å²) in [7, 11) is 0. The van der Waals surface area contributed by atoms with Crippen molar-refractivity contribution >= 4 is 17.4 Å². The minimum absolute atomic E-state index is 0.138. The van der Waals surface area contributed by atoms with Crippen LogP contribution in [0.4, 0.5) is 11.5 Å². The van der Waals surface area contributed by atoms with Crippen molar-refractivity contribution in [1.82, 2.24) is 9.97 Å². The standard InChI is InChI=1S/C19H26N4O/c1-12(2)14-7-9-15(10-8-14)22-18(24)16-11-17(21-13(3)20-16)23-19(4,5)6/h7-12H,1-6H3,(H,22,24)(H,20,21,23). The van der Waals surface area contributed by atoms with Gasteiger partial charge in [-0.05, 0) is 51.3 Å². The number of nitrogens with zero attached hydrogens (tertiary/aromatic N) is 2. The molecule has 0 aliphatic rings. The highest BCUT2D eigenvalue weighted by Crippen LogP contribution is 2.18. The highest BCUT2D eigenvalue weighted by atomic mass is 16.1. The van der Waals surface area contributed by atoms with Crippen LogP contribution in [0.2, 0.25) is 0 Å². The van der Waals surface area contributed by atoms with Crippen molar-refractivity contribution < 1.29 is 4.79 Å². The van der Waals surface area contributed by atoms with Crippen LogP contribution in [0.3, 0.4) is 0 Å². The van der Waals surface area contributed by atoms with Crippen molar-refractivity contribution in [1.29, 1.82) is 0 Å². The molecule has 5 nitrogen and oxygen atoms in total. The zero-order chi connectivity index (χ0) is 17.9. The molecule has 2 aromatic rings. The first-order valence-corrected chi connectivity index (χ1v) is 8.19. The molecule has 2 rings (SSSR count). The van der Waals surface area contributed by atoms with Crippen LogP contribution in [-0.2, 0) is 0 Å². The number of nitrogens with one attached hydrogen (secondary N) is 2. The molecule has 0 unspecified atom stereocenters. The van der Waals surface area contributed by atoms with Gasteiger partial charge in [0.25, 0.3) is 5.91 Å². The van der Waals surface area contributed by atoms with Crippen LogP contribution in [0.5, 0.6) is 0 Å². The number of hydrogen-bond acceptors (Lipinski definition) is 4. The van der Waals surface area contributed by atoms with E-state index in [9.17, 15) is 4.79 Å². The van der Waals surface area contributed by atoms with E-state index in [0.29, 0.717) is 23.3 Å². The van der Waals surface area contributed by atoms with Crippen LogP contribution in [0, 0.1) is 6.92 Å². The second kappa shape index (κ2) is 6.99. The van der Waals surface area contributed by atoms with Gasteiger partial charge < -0.3 is 10.6 Å². The Bertz CT molecular complexity index is 715. The van der Waals surface area contributed by atoms with Gasteiger partial charge in [0, 0.05) is 17.3 Å². The SMILES string of the molecule is Cc1nc(NC(C)(C)C)cc(C(=O)Nc2ccc(C(C)C)cc2)n1. The number of aryl methyl sites for hydroxylation is 1. The van der Waals surface area contributed by atoms with E-state index in [4.69, 9.17) is 0 Å². The fourth-order valence-electron chi connectivity index (χ4n) is 2.28. The molecule has 0 saturated carbocycles. The number of carbonyl (C=O) groups is 1. The average Bonchev–Trinajstić information content (AvgIpc) is 2.45. The highest BCUT2D eigenvalue weighted by Gasteiger charge is 2.15. The molecule has 1 aromatic heterocycles. The Hall–Kier alpha value is -2.43. The number of rotatable bonds is 4. The van der Waals surface area contributed by atoms with Gasteiger partial charge in [-0.15, -0.1) is 0 Å². The van der Waals surface area contributed by atoms with Gasteiger partial charge in [0.1, 0.15) is 17.3 Å². The average molecular weight is 326 g/mol. The molecule has 1 heterocycles. The molecule has 1 amide bonds. The molecule has 0 fully saturated rings. The Morgan fingerprint density at radius 2 is 1.71 bits per heavy atom. The second-order valence-corrected chi connectivity index (χ2v) is 7.29. The molecule has 0 radical (unpaired) electrons. The third-order valence-corrected chi connectivity index (χ3v) is 3.41. The molecule has 24 heavy (non-hydrogen) atoms. The number of anilines is 2. The summed E-state index contributed by atoms with van der Waals surface area (Å²) in [5.74, 6) is 1.43. The number of hydrogen-bond donors (Lipinski definition) is 2. The number of amides is 1. The summed E-state index contributed by atoms with van der Waals surface area (Å²) in [4.78, 5) is 21.1. The molecule has 2 N–H and O–H groups in total. The Morgan fingerprint density at radius 1 is 1.08 bits per heavy atom. The van der Waals surface area contributed by atoms with Gasteiger partial charge in [0.15, 0.2) is 0 Å². The lowest BCUT2D eigenvalue weighted by Crippen LogP contribution is -2.27. The maximum absolute atomic E-state index is 12.5. The molecule has 0 aliphatic heterocycles. The topological polar surface area (TPSA) is 66.9 Å². The fourth-order valence-corrected chi connectivity index (χ4v) is 2.28. The molecule has 128 valence electrons. The van der Waals surface area contributed by atoms with Crippen molar-refractivity contribution in [2.75, 3.05) is 10.6 Å². The fraction of sp³-hybridized carbons (Fsp3) is 0.421. The zero-order valence-electron chi connectivity index (χ0n) is 15.3. The quantitative estimate of drug-likeness (QED) is 0.875. The normalized spacial score (nSPS) is 11.5.